The van der Waals surface area contributed by atoms with Gasteiger partial charge in [-0.2, -0.15) is 0 Å². The number of amides is 1. The standard InChI is InChI=1S/C23H27N3O5S3/c1-30-17-6-8-18(9-7-17)32-16-21(27)26(11-10-25-12-14-31-15-13-25)23-24-22-19(33-23)4-3-5-20(22)34(2,28)29/h3-9H,10-16H2,1-2H3. The number of para-hydroxylation sites is 1. The Hall–Kier alpha value is -2.18. The fraction of sp³-hybridized carbons (Fsp3) is 0.391. The van der Waals surface area contributed by atoms with Gasteiger partial charge in [0.1, 0.15) is 11.3 Å². The molecule has 2 heterocycles. The van der Waals surface area contributed by atoms with Crippen molar-refractivity contribution in [2.24, 2.45) is 0 Å². The average molecular weight is 522 g/mol. The number of morpholine rings is 1. The molecule has 0 unspecified atom stereocenters. The third kappa shape index (κ3) is 6.08. The van der Waals surface area contributed by atoms with Gasteiger partial charge >= 0.3 is 0 Å². The molecule has 2 aromatic carbocycles. The van der Waals surface area contributed by atoms with E-state index in [0.29, 0.717) is 37.0 Å². The van der Waals surface area contributed by atoms with E-state index in [4.69, 9.17) is 9.47 Å². The van der Waals surface area contributed by atoms with Gasteiger partial charge in [0.15, 0.2) is 15.0 Å². The van der Waals surface area contributed by atoms with E-state index in [2.05, 4.69) is 9.88 Å². The summed E-state index contributed by atoms with van der Waals surface area (Å²) in [5, 5.41) is 0.514. The third-order valence-electron chi connectivity index (χ3n) is 5.47. The number of rotatable bonds is 9. The highest BCUT2D eigenvalue weighted by molar-refractivity contribution is 8.00. The van der Waals surface area contributed by atoms with Crippen LogP contribution in [-0.4, -0.2) is 82.7 Å². The molecule has 0 bridgehead atoms. The molecule has 1 saturated heterocycles. The number of carbonyl (C=O) groups excluding carboxylic acids is 1. The second-order valence-electron chi connectivity index (χ2n) is 7.84. The summed E-state index contributed by atoms with van der Waals surface area (Å²) >= 11 is 2.78. The molecule has 0 N–H and O–H groups in total. The monoisotopic (exact) mass is 521 g/mol. The Balaban J connectivity index is 1.57. The number of thiazole rings is 1. The van der Waals surface area contributed by atoms with Crippen molar-refractivity contribution in [3.8, 4) is 5.75 Å². The SMILES string of the molecule is COc1ccc(SCC(=O)N(CCN2CCOCC2)c2nc3c(S(C)(=O)=O)cccc3s2)cc1. The number of hydrogen-bond acceptors (Lipinski definition) is 9. The van der Waals surface area contributed by atoms with Gasteiger partial charge < -0.3 is 9.47 Å². The maximum atomic E-state index is 13.4. The predicted molar refractivity (Wildman–Crippen MR) is 136 cm³/mol. The zero-order valence-electron chi connectivity index (χ0n) is 19.1. The van der Waals surface area contributed by atoms with Crippen LogP contribution in [0.15, 0.2) is 52.3 Å². The van der Waals surface area contributed by atoms with Gasteiger partial charge in [-0.05, 0) is 36.4 Å². The molecular formula is C23H27N3O5S3. The summed E-state index contributed by atoms with van der Waals surface area (Å²) in [7, 11) is -1.82. The largest absolute Gasteiger partial charge is 0.497 e. The molecule has 182 valence electrons. The lowest BCUT2D eigenvalue weighted by molar-refractivity contribution is -0.116. The second-order valence-corrected chi connectivity index (χ2v) is 11.9. The van der Waals surface area contributed by atoms with Crippen molar-refractivity contribution in [2.45, 2.75) is 9.79 Å². The summed E-state index contributed by atoms with van der Waals surface area (Å²) in [5.74, 6) is 0.928. The molecule has 34 heavy (non-hydrogen) atoms. The molecule has 1 fully saturated rings. The minimum absolute atomic E-state index is 0.0750. The Morgan fingerprint density at radius 1 is 1.21 bits per heavy atom. The number of thioether (sulfide) groups is 1. The summed E-state index contributed by atoms with van der Waals surface area (Å²) in [6.45, 7) is 4.16. The lowest BCUT2D eigenvalue weighted by Gasteiger charge is -2.29. The van der Waals surface area contributed by atoms with E-state index in [1.54, 1.807) is 24.1 Å². The number of hydrogen-bond donors (Lipinski definition) is 0. The number of fused-ring (bicyclic) bond motifs is 1. The summed E-state index contributed by atoms with van der Waals surface area (Å²) in [4.78, 5) is 23.1. The van der Waals surface area contributed by atoms with Crippen molar-refractivity contribution in [1.82, 2.24) is 9.88 Å². The van der Waals surface area contributed by atoms with E-state index in [1.807, 2.05) is 30.3 Å². The third-order valence-corrected chi connectivity index (χ3v) is 8.64. The maximum absolute atomic E-state index is 13.4. The maximum Gasteiger partial charge on any atom is 0.239 e. The molecule has 0 spiro atoms. The van der Waals surface area contributed by atoms with E-state index in [-0.39, 0.29) is 16.6 Å². The van der Waals surface area contributed by atoms with Crippen LogP contribution in [0.3, 0.4) is 0 Å². The Kier molecular flexibility index (Phi) is 8.10. The van der Waals surface area contributed by atoms with Crippen molar-refractivity contribution in [2.75, 3.05) is 63.4 Å². The first-order chi connectivity index (χ1) is 16.3. The van der Waals surface area contributed by atoms with Crippen LogP contribution in [0.5, 0.6) is 5.75 Å². The zero-order chi connectivity index (χ0) is 24.1. The lowest BCUT2D eigenvalue weighted by atomic mass is 10.3. The molecule has 3 aromatic rings. The predicted octanol–water partition coefficient (Wildman–Crippen LogP) is 3.17. The van der Waals surface area contributed by atoms with Gasteiger partial charge in [0.25, 0.3) is 0 Å². The van der Waals surface area contributed by atoms with E-state index >= 15 is 0 Å². The molecular weight excluding hydrogens is 494 g/mol. The topological polar surface area (TPSA) is 89.0 Å². The molecule has 4 rings (SSSR count). The van der Waals surface area contributed by atoms with Gasteiger partial charge in [-0.25, -0.2) is 13.4 Å². The van der Waals surface area contributed by atoms with Gasteiger partial charge in [0.05, 0.1) is 35.7 Å². The summed E-state index contributed by atoms with van der Waals surface area (Å²) in [6, 6.07) is 12.7. The molecule has 0 radical (unpaired) electrons. The summed E-state index contributed by atoms with van der Waals surface area (Å²) in [6.07, 6.45) is 1.17. The minimum atomic E-state index is -3.44. The smallest absolute Gasteiger partial charge is 0.239 e. The molecule has 11 heteroatoms. The fourth-order valence-electron chi connectivity index (χ4n) is 3.61. The van der Waals surface area contributed by atoms with Crippen LogP contribution in [0.25, 0.3) is 10.2 Å². The normalized spacial score (nSPS) is 14.9. The Morgan fingerprint density at radius 2 is 1.94 bits per heavy atom. The number of ether oxygens (including phenoxy) is 2. The number of carbonyl (C=O) groups is 1. The number of aromatic nitrogens is 1. The Bertz CT molecular complexity index is 1240. The van der Waals surface area contributed by atoms with Crippen molar-refractivity contribution in [1.29, 1.82) is 0 Å². The van der Waals surface area contributed by atoms with Crippen molar-refractivity contribution in [3.63, 3.8) is 0 Å². The van der Waals surface area contributed by atoms with Crippen LogP contribution in [0.1, 0.15) is 0 Å². The number of nitrogens with zero attached hydrogens (tertiary/aromatic N) is 3. The first-order valence-corrected chi connectivity index (χ1v) is 14.5. The summed E-state index contributed by atoms with van der Waals surface area (Å²) < 4.78 is 35.9. The number of benzene rings is 2. The number of sulfone groups is 1. The van der Waals surface area contributed by atoms with Crippen LogP contribution in [0.4, 0.5) is 5.13 Å². The van der Waals surface area contributed by atoms with Gasteiger partial charge in [0, 0.05) is 37.3 Å². The van der Waals surface area contributed by atoms with Gasteiger partial charge in [0.2, 0.25) is 5.91 Å². The van der Waals surface area contributed by atoms with Gasteiger partial charge in [-0.15, -0.1) is 11.8 Å². The van der Waals surface area contributed by atoms with Crippen LogP contribution in [-0.2, 0) is 19.4 Å². The molecule has 1 aliphatic heterocycles. The number of anilines is 1. The van der Waals surface area contributed by atoms with Crippen LogP contribution in [0, 0.1) is 0 Å². The highest BCUT2D eigenvalue weighted by Crippen LogP contribution is 2.33. The highest BCUT2D eigenvalue weighted by atomic mass is 32.2. The highest BCUT2D eigenvalue weighted by Gasteiger charge is 2.24. The molecule has 0 atom stereocenters. The van der Waals surface area contributed by atoms with Gasteiger partial charge in [-0.3, -0.25) is 14.6 Å². The average Bonchev–Trinajstić information content (AvgIpc) is 3.27. The Morgan fingerprint density at radius 3 is 2.62 bits per heavy atom. The van der Waals surface area contributed by atoms with E-state index in [9.17, 15) is 13.2 Å². The Labute approximate surface area is 207 Å². The van der Waals surface area contributed by atoms with Crippen molar-refractivity contribution in [3.05, 3.63) is 42.5 Å². The van der Waals surface area contributed by atoms with Gasteiger partial charge in [-0.1, -0.05) is 17.4 Å². The van der Waals surface area contributed by atoms with Crippen LogP contribution >= 0.6 is 23.1 Å². The molecule has 8 nitrogen and oxygen atoms in total. The number of methoxy groups -OCH3 is 1. The molecule has 1 aromatic heterocycles. The van der Waals surface area contributed by atoms with E-state index in [0.717, 1.165) is 28.4 Å². The molecule has 0 aliphatic carbocycles. The zero-order valence-corrected chi connectivity index (χ0v) is 21.5. The quantitative estimate of drug-likeness (QED) is 0.397. The fourth-order valence-corrected chi connectivity index (χ4v) is 6.32. The summed E-state index contributed by atoms with van der Waals surface area (Å²) in [5.41, 5.74) is 0.414. The van der Waals surface area contributed by atoms with Crippen molar-refractivity contribution >= 4 is 54.2 Å². The first kappa shape index (κ1) is 24.9. The molecule has 1 amide bonds. The minimum Gasteiger partial charge on any atom is -0.497 e. The van der Waals surface area contributed by atoms with Crippen molar-refractivity contribution < 1.29 is 22.7 Å². The molecule has 0 saturated carbocycles. The second kappa shape index (κ2) is 11.0. The van der Waals surface area contributed by atoms with E-state index < -0.39 is 9.84 Å². The van der Waals surface area contributed by atoms with E-state index in [1.165, 1.54) is 29.4 Å². The van der Waals surface area contributed by atoms with Crippen LogP contribution < -0.4 is 9.64 Å². The molecule has 1 aliphatic rings. The lowest BCUT2D eigenvalue weighted by Crippen LogP contribution is -2.43. The van der Waals surface area contributed by atoms with Crippen LogP contribution in [0.2, 0.25) is 0 Å². The first-order valence-electron chi connectivity index (χ1n) is 10.8.